The molecular weight excluding hydrogens is 200 g/mol. The number of aliphatic carboxylic acids is 1. The number of hydrogen-bond donors (Lipinski definition) is 2. The highest BCUT2D eigenvalue weighted by Crippen LogP contribution is 1.97. The first-order valence-corrected chi connectivity index (χ1v) is 4.75. The van der Waals surface area contributed by atoms with Gasteiger partial charge in [-0.1, -0.05) is 13.8 Å². The molecule has 0 aromatic rings. The van der Waals surface area contributed by atoms with Crippen molar-refractivity contribution in [2.24, 2.45) is 5.92 Å². The zero-order valence-corrected chi connectivity index (χ0v) is 9.90. The first-order chi connectivity index (χ1) is 6.62. The summed E-state index contributed by atoms with van der Waals surface area (Å²) in [6, 6.07) is 0. The van der Waals surface area contributed by atoms with Crippen LogP contribution in [0.25, 0.3) is 0 Å². The molecule has 15 heavy (non-hydrogen) atoms. The van der Waals surface area contributed by atoms with Crippen LogP contribution >= 0.6 is 0 Å². The van der Waals surface area contributed by atoms with Crippen molar-refractivity contribution in [3.63, 3.8) is 0 Å². The topological polar surface area (TPSA) is 83.8 Å². The Morgan fingerprint density at radius 3 is 1.73 bits per heavy atom. The fourth-order valence-corrected chi connectivity index (χ4v) is 0.309. The van der Waals surface area contributed by atoms with Crippen molar-refractivity contribution in [1.29, 1.82) is 0 Å². The maximum atomic E-state index is 10.5. The lowest BCUT2D eigenvalue weighted by molar-refractivity contribution is -0.154. The Morgan fingerprint density at radius 1 is 1.33 bits per heavy atom. The van der Waals surface area contributed by atoms with E-state index in [0.29, 0.717) is 6.61 Å². The van der Waals surface area contributed by atoms with Gasteiger partial charge in [-0.25, -0.2) is 4.79 Å². The molecule has 0 amide bonds. The van der Waals surface area contributed by atoms with Crippen LogP contribution in [0.4, 0.5) is 0 Å². The second-order valence-corrected chi connectivity index (χ2v) is 3.77. The van der Waals surface area contributed by atoms with Crippen molar-refractivity contribution < 1.29 is 24.5 Å². The summed E-state index contributed by atoms with van der Waals surface area (Å²) in [6.07, 6.45) is 0. The molecule has 0 aliphatic heterocycles. The van der Waals surface area contributed by atoms with Crippen LogP contribution < -0.4 is 0 Å². The van der Waals surface area contributed by atoms with Crippen molar-refractivity contribution in [2.45, 2.75) is 40.2 Å². The van der Waals surface area contributed by atoms with Gasteiger partial charge in [0.2, 0.25) is 0 Å². The number of carbonyl (C=O) groups excluding carboxylic acids is 1. The molecule has 0 radical (unpaired) electrons. The van der Waals surface area contributed by atoms with Gasteiger partial charge in [0, 0.05) is 0 Å². The summed E-state index contributed by atoms with van der Waals surface area (Å²) < 4.78 is 4.66. The largest absolute Gasteiger partial charge is 0.479 e. The van der Waals surface area contributed by atoms with E-state index in [9.17, 15) is 9.59 Å². The summed E-state index contributed by atoms with van der Waals surface area (Å²) in [7, 11) is 0. The highest BCUT2D eigenvalue weighted by Gasteiger charge is 2.21. The summed E-state index contributed by atoms with van der Waals surface area (Å²) >= 11 is 0. The summed E-state index contributed by atoms with van der Waals surface area (Å²) in [6.45, 7) is 8.36. The number of carboxylic acid groups (broad SMARTS) is 1. The molecule has 0 atom stereocenters. The maximum Gasteiger partial charge on any atom is 0.335 e. The molecule has 0 bridgehead atoms. The summed E-state index contributed by atoms with van der Waals surface area (Å²) in [5.74, 6) is -1.31. The molecule has 0 aliphatic carbocycles. The van der Waals surface area contributed by atoms with E-state index in [1.54, 1.807) is 6.92 Å². The van der Waals surface area contributed by atoms with Gasteiger partial charge in [-0.2, -0.15) is 0 Å². The van der Waals surface area contributed by atoms with Gasteiger partial charge in [0.1, 0.15) is 0 Å². The summed E-state index contributed by atoms with van der Waals surface area (Å²) in [5.41, 5.74) is -1.58. The molecule has 0 spiro atoms. The molecular formula is C10H20O5. The van der Waals surface area contributed by atoms with Gasteiger partial charge in [0.05, 0.1) is 12.5 Å². The number of esters is 1. The van der Waals surface area contributed by atoms with E-state index in [1.165, 1.54) is 13.8 Å². The van der Waals surface area contributed by atoms with Gasteiger partial charge in [0.25, 0.3) is 0 Å². The maximum absolute atomic E-state index is 10.5. The first kappa shape index (κ1) is 16.3. The minimum atomic E-state index is -1.58. The van der Waals surface area contributed by atoms with Crippen molar-refractivity contribution in [3.05, 3.63) is 0 Å². The van der Waals surface area contributed by atoms with Gasteiger partial charge in [-0.05, 0) is 20.8 Å². The smallest absolute Gasteiger partial charge is 0.335 e. The van der Waals surface area contributed by atoms with Crippen LogP contribution in [0.5, 0.6) is 0 Å². The minimum Gasteiger partial charge on any atom is -0.479 e. The zero-order valence-electron chi connectivity index (χ0n) is 9.90. The Kier molecular flexibility index (Phi) is 7.87. The van der Waals surface area contributed by atoms with Crippen LogP contribution in [0.1, 0.15) is 34.6 Å². The third kappa shape index (κ3) is 10.8. The number of ether oxygens (including phenoxy) is 1. The Labute approximate surface area is 90.1 Å². The Morgan fingerprint density at radius 2 is 1.67 bits per heavy atom. The molecule has 0 fully saturated rings. The predicted octanol–water partition coefficient (Wildman–Crippen LogP) is 1.05. The van der Waals surface area contributed by atoms with E-state index in [1.807, 2.05) is 13.8 Å². The van der Waals surface area contributed by atoms with E-state index < -0.39 is 11.6 Å². The molecule has 5 heteroatoms. The molecule has 5 nitrogen and oxygen atoms in total. The van der Waals surface area contributed by atoms with Gasteiger partial charge >= 0.3 is 11.9 Å². The van der Waals surface area contributed by atoms with Gasteiger partial charge in [0.15, 0.2) is 5.60 Å². The van der Waals surface area contributed by atoms with E-state index in [-0.39, 0.29) is 11.9 Å². The Balaban J connectivity index is 0. The second-order valence-electron chi connectivity index (χ2n) is 3.77. The molecule has 0 unspecified atom stereocenters. The summed E-state index contributed by atoms with van der Waals surface area (Å²) in [4.78, 5) is 20.3. The minimum absolute atomic E-state index is 0.00921. The average Bonchev–Trinajstić information content (AvgIpc) is 2.03. The van der Waals surface area contributed by atoms with E-state index in [4.69, 9.17) is 10.2 Å². The molecule has 90 valence electrons. The van der Waals surface area contributed by atoms with Gasteiger partial charge in [-0.15, -0.1) is 0 Å². The highest BCUT2D eigenvalue weighted by molar-refractivity contribution is 5.75. The lowest BCUT2D eigenvalue weighted by atomic mass is 10.1. The fraction of sp³-hybridized carbons (Fsp3) is 0.800. The lowest BCUT2D eigenvalue weighted by Crippen LogP contribution is -2.30. The molecule has 0 aromatic heterocycles. The average molecular weight is 220 g/mol. The molecule has 0 heterocycles. The quantitative estimate of drug-likeness (QED) is 0.694. The van der Waals surface area contributed by atoms with Gasteiger partial charge in [-0.3, -0.25) is 4.79 Å². The first-order valence-electron chi connectivity index (χ1n) is 4.75. The molecule has 2 N–H and O–H groups in total. The van der Waals surface area contributed by atoms with Crippen LogP contribution in [0.3, 0.4) is 0 Å². The highest BCUT2D eigenvalue weighted by atomic mass is 16.5. The summed E-state index contributed by atoms with van der Waals surface area (Å²) in [5, 5.41) is 16.5. The Bertz CT molecular complexity index is 202. The van der Waals surface area contributed by atoms with Crippen LogP contribution in [0, 0.1) is 5.92 Å². The third-order valence-corrected chi connectivity index (χ3v) is 1.28. The number of aliphatic hydroxyl groups is 1. The molecule has 0 saturated carbocycles. The molecule has 0 saturated heterocycles. The van der Waals surface area contributed by atoms with E-state index >= 15 is 0 Å². The number of carboxylic acids is 1. The normalized spacial score (nSPS) is 10.3. The monoisotopic (exact) mass is 220 g/mol. The third-order valence-electron chi connectivity index (χ3n) is 1.28. The van der Waals surface area contributed by atoms with Crippen molar-refractivity contribution in [2.75, 3.05) is 6.61 Å². The fourth-order valence-electron chi connectivity index (χ4n) is 0.309. The Hall–Kier alpha value is -1.10. The van der Waals surface area contributed by atoms with Crippen molar-refractivity contribution in [1.82, 2.24) is 0 Å². The lowest BCUT2D eigenvalue weighted by Gasteiger charge is -2.07. The van der Waals surface area contributed by atoms with Crippen LogP contribution in [0.15, 0.2) is 0 Å². The van der Waals surface area contributed by atoms with Crippen LogP contribution in [0.2, 0.25) is 0 Å². The van der Waals surface area contributed by atoms with Crippen molar-refractivity contribution in [3.8, 4) is 0 Å². The van der Waals surface area contributed by atoms with Crippen LogP contribution in [-0.2, 0) is 14.3 Å². The molecule has 0 rings (SSSR count). The molecule has 0 aliphatic rings. The standard InChI is InChI=1S/C6H12O2.C4H8O3/c1-4-8-6(7)5(2)3;1-4(2,7)3(5)6/h5H,4H2,1-3H3;7H,1-2H3,(H,5,6). The number of carbonyl (C=O) groups is 2. The van der Waals surface area contributed by atoms with Crippen molar-refractivity contribution >= 4 is 11.9 Å². The second kappa shape index (κ2) is 7.23. The van der Waals surface area contributed by atoms with Gasteiger partial charge < -0.3 is 14.9 Å². The zero-order chi connectivity index (χ0) is 12.6. The van der Waals surface area contributed by atoms with E-state index in [0.717, 1.165) is 0 Å². The molecule has 0 aromatic carbocycles. The van der Waals surface area contributed by atoms with Crippen LogP contribution in [-0.4, -0.2) is 34.4 Å². The number of hydrogen-bond acceptors (Lipinski definition) is 4. The predicted molar refractivity (Wildman–Crippen MR) is 55.4 cm³/mol. The van der Waals surface area contributed by atoms with E-state index in [2.05, 4.69) is 4.74 Å². The number of rotatable bonds is 3. The SMILES string of the molecule is CC(C)(O)C(=O)O.CCOC(=O)C(C)C.